The maximum Gasteiger partial charge on any atom is 0.286 e. The van der Waals surface area contributed by atoms with Gasteiger partial charge in [-0.1, -0.05) is 19.1 Å². The molecule has 0 aliphatic carbocycles. The number of carbonyl (C=O) groups excluding carboxylic acids is 2. The van der Waals surface area contributed by atoms with Gasteiger partial charge in [0.1, 0.15) is 17.3 Å². The lowest BCUT2D eigenvalue weighted by Crippen LogP contribution is -2.26. The highest BCUT2D eigenvalue weighted by molar-refractivity contribution is 8.18. The van der Waals surface area contributed by atoms with E-state index in [2.05, 4.69) is 10.3 Å². The largest absolute Gasteiger partial charge is 0.457 e. The van der Waals surface area contributed by atoms with Gasteiger partial charge in [-0.3, -0.25) is 9.59 Å². The van der Waals surface area contributed by atoms with Crippen molar-refractivity contribution in [1.29, 1.82) is 0 Å². The van der Waals surface area contributed by atoms with Crippen LogP contribution in [0.25, 0.3) is 17.4 Å². The maximum absolute atomic E-state index is 13.8. The Morgan fingerprint density at radius 1 is 1.33 bits per heavy atom. The van der Waals surface area contributed by atoms with Crippen molar-refractivity contribution in [2.24, 2.45) is 4.99 Å². The Balaban J connectivity index is 1.78. The van der Waals surface area contributed by atoms with Gasteiger partial charge in [0.15, 0.2) is 5.17 Å². The van der Waals surface area contributed by atoms with Crippen LogP contribution in [0.1, 0.15) is 19.1 Å². The van der Waals surface area contributed by atoms with Gasteiger partial charge in [0.2, 0.25) is 5.91 Å². The minimum Gasteiger partial charge on any atom is -0.457 e. The molecule has 24 heavy (non-hydrogen) atoms. The van der Waals surface area contributed by atoms with Gasteiger partial charge in [0, 0.05) is 12.5 Å². The molecule has 0 atom stereocenters. The SMILES string of the molecule is CCC(=O)NC1=NC(=O)C(=Cc2ccc(-c3ccccc3F)o2)S1. The molecule has 1 N–H and O–H groups in total. The molecule has 1 aromatic heterocycles. The number of halogens is 1. The van der Waals surface area contributed by atoms with Crippen LogP contribution in [-0.2, 0) is 9.59 Å². The van der Waals surface area contributed by atoms with Crippen LogP contribution >= 0.6 is 11.8 Å². The first-order chi connectivity index (χ1) is 11.6. The number of furan rings is 1. The third-order valence-electron chi connectivity index (χ3n) is 3.23. The normalized spacial score (nSPS) is 15.7. The average molecular weight is 344 g/mol. The standard InChI is InChI=1S/C17H13FN2O3S/c1-2-15(21)19-17-20-16(22)14(24-17)9-10-7-8-13(23-10)11-5-3-4-6-12(11)18/h3-9H,2H2,1H3,(H,19,20,21,22). The monoisotopic (exact) mass is 344 g/mol. The van der Waals surface area contributed by atoms with E-state index < -0.39 is 5.91 Å². The summed E-state index contributed by atoms with van der Waals surface area (Å²) in [6.45, 7) is 1.71. The molecule has 2 heterocycles. The van der Waals surface area contributed by atoms with E-state index >= 15 is 0 Å². The predicted molar refractivity (Wildman–Crippen MR) is 90.5 cm³/mol. The van der Waals surface area contributed by atoms with E-state index in [1.807, 2.05) is 0 Å². The summed E-state index contributed by atoms with van der Waals surface area (Å²) in [7, 11) is 0. The quantitative estimate of drug-likeness (QED) is 0.864. The fraction of sp³-hybridized carbons (Fsp3) is 0.118. The molecule has 0 radical (unpaired) electrons. The van der Waals surface area contributed by atoms with Gasteiger partial charge in [0.25, 0.3) is 5.91 Å². The predicted octanol–water partition coefficient (Wildman–Crippen LogP) is 3.58. The molecule has 0 bridgehead atoms. The number of carbonyl (C=O) groups is 2. The van der Waals surface area contributed by atoms with E-state index in [-0.39, 0.29) is 16.9 Å². The first-order valence-electron chi connectivity index (χ1n) is 7.24. The second-order valence-electron chi connectivity index (χ2n) is 4.92. The highest BCUT2D eigenvalue weighted by atomic mass is 32.2. The van der Waals surface area contributed by atoms with Crippen LogP contribution in [0.5, 0.6) is 0 Å². The number of amidine groups is 1. The Bertz CT molecular complexity index is 870. The average Bonchev–Trinajstić information content (AvgIpc) is 3.15. The van der Waals surface area contributed by atoms with Crippen molar-refractivity contribution in [3.63, 3.8) is 0 Å². The molecule has 0 fully saturated rings. The Hall–Kier alpha value is -2.67. The summed E-state index contributed by atoms with van der Waals surface area (Å²) in [6.07, 6.45) is 1.82. The molecular weight excluding hydrogens is 331 g/mol. The number of rotatable bonds is 3. The first-order valence-corrected chi connectivity index (χ1v) is 8.05. The van der Waals surface area contributed by atoms with Gasteiger partial charge in [-0.2, -0.15) is 4.99 Å². The van der Waals surface area contributed by atoms with Crippen molar-refractivity contribution in [2.45, 2.75) is 13.3 Å². The third-order valence-corrected chi connectivity index (χ3v) is 4.13. The minimum atomic E-state index is -0.449. The number of amides is 2. The molecule has 1 aromatic carbocycles. The van der Waals surface area contributed by atoms with Crippen molar-refractivity contribution >= 4 is 34.8 Å². The van der Waals surface area contributed by atoms with Crippen molar-refractivity contribution in [3.8, 4) is 11.3 Å². The third kappa shape index (κ3) is 3.46. The van der Waals surface area contributed by atoms with Crippen LogP contribution in [0.15, 0.2) is 50.7 Å². The second-order valence-corrected chi connectivity index (χ2v) is 5.95. The Kier molecular flexibility index (Phi) is 4.61. The maximum atomic E-state index is 13.8. The van der Waals surface area contributed by atoms with Gasteiger partial charge in [0.05, 0.1) is 10.5 Å². The first kappa shape index (κ1) is 16.2. The molecule has 2 aromatic rings. The van der Waals surface area contributed by atoms with Gasteiger partial charge in [-0.25, -0.2) is 4.39 Å². The lowest BCUT2D eigenvalue weighted by Gasteiger charge is -1.99. The fourth-order valence-corrected chi connectivity index (χ4v) is 2.85. The molecule has 7 heteroatoms. The molecular formula is C17H13FN2O3S. The number of thioether (sulfide) groups is 1. The van der Waals surface area contributed by atoms with E-state index in [4.69, 9.17) is 4.42 Å². The van der Waals surface area contributed by atoms with E-state index in [1.54, 1.807) is 37.3 Å². The van der Waals surface area contributed by atoms with E-state index in [0.29, 0.717) is 28.4 Å². The number of nitrogens with zero attached hydrogens (tertiary/aromatic N) is 1. The zero-order valence-electron chi connectivity index (χ0n) is 12.7. The summed E-state index contributed by atoms with van der Waals surface area (Å²) in [6, 6.07) is 9.56. The van der Waals surface area contributed by atoms with Crippen LogP contribution in [-0.4, -0.2) is 17.0 Å². The number of hydrogen-bond donors (Lipinski definition) is 1. The molecule has 2 amide bonds. The minimum absolute atomic E-state index is 0.213. The van der Waals surface area contributed by atoms with Gasteiger partial charge < -0.3 is 9.73 Å². The van der Waals surface area contributed by atoms with Crippen LogP contribution in [0.3, 0.4) is 0 Å². The number of benzene rings is 1. The Labute approximate surface area is 141 Å². The summed E-state index contributed by atoms with van der Waals surface area (Å²) in [5, 5.41) is 2.79. The van der Waals surface area contributed by atoms with Crippen molar-refractivity contribution < 1.29 is 18.4 Å². The van der Waals surface area contributed by atoms with Crippen LogP contribution in [0.4, 0.5) is 4.39 Å². The highest BCUT2D eigenvalue weighted by Gasteiger charge is 2.23. The zero-order valence-corrected chi connectivity index (χ0v) is 13.5. The molecule has 0 saturated heterocycles. The summed E-state index contributed by atoms with van der Waals surface area (Å²) < 4.78 is 19.3. The Morgan fingerprint density at radius 3 is 2.88 bits per heavy atom. The van der Waals surface area contributed by atoms with Crippen molar-refractivity contribution in [2.75, 3.05) is 0 Å². The molecule has 0 unspecified atom stereocenters. The lowest BCUT2D eigenvalue weighted by molar-refractivity contribution is -0.119. The second kappa shape index (κ2) is 6.84. The molecule has 1 aliphatic rings. The van der Waals surface area contributed by atoms with E-state index in [0.717, 1.165) is 11.8 Å². The van der Waals surface area contributed by atoms with Crippen molar-refractivity contribution in [3.05, 3.63) is 52.9 Å². The topological polar surface area (TPSA) is 71.7 Å². The summed E-state index contributed by atoms with van der Waals surface area (Å²) in [5.41, 5.74) is 0.347. The summed E-state index contributed by atoms with van der Waals surface area (Å²) in [5.74, 6) is -0.270. The molecule has 1 aliphatic heterocycles. The number of hydrogen-bond acceptors (Lipinski definition) is 4. The van der Waals surface area contributed by atoms with Gasteiger partial charge in [-0.15, -0.1) is 0 Å². The van der Waals surface area contributed by atoms with Crippen molar-refractivity contribution in [1.82, 2.24) is 5.32 Å². The van der Waals surface area contributed by atoms with Crippen LogP contribution < -0.4 is 5.32 Å². The van der Waals surface area contributed by atoms with Gasteiger partial charge >= 0.3 is 0 Å². The van der Waals surface area contributed by atoms with Crippen LogP contribution in [0.2, 0.25) is 0 Å². The fourth-order valence-electron chi connectivity index (χ4n) is 2.04. The smallest absolute Gasteiger partial charge is 0.286 e. The number of nitrogens with one attached hydrogen (secondary N) is 1. The molecule has 122 valence electrons. The molecule has 3 rings (SSSR count). The summed E-state index contributed by atoms with van der Waals surface area (Å²) in [4.78, 5) is 27.3. The summed E-state index contributed by atoms with van der Waals surface area (Å²) >= 11 is 1.06. The molecule has 0 spiro atoms. The van der Waals surface area contributed by atoms with Gasteiger partial charge in [-0.05, 0) is 36.0 Å². The molecule has 0 saturated carbocycles. The molecule has 5 nitrogen and oxygen atoms in total. The van der Waals surface area contributed by atoms with E-state index in [1.165, 1.54) is 12.1 Å². The Morgan fingerprint density at radius 2 is 2.12 bits per heavy atom. The highest BCUT2D eigenvalue weighted by Crippen LogP contribution is 2.30. The van der Waals surface area contributed by atoms with Crippen LogP contribution in [0, 0.1) is 5.82 Å². The number of aliphatic imine (C=N–C) groups is 1. The lowest BCUT2D eigenvalue weighted by atomic mass is 10.1. The van der Waals surface area contributed by atoms with E-state index in [9.17, 15) is 14.0 Å². The zero-order chi connectivity index (χ0) is 17.1.